The van der Waals surface area contributed by atoms with Crippen LogP contribution in [0.2, 0.25) is 0 Å². The lowest BCUT2D eigenvalue weighted by atomic mass is 10.2. The normalized spacial score (nSPS) is 10.3. The van der Waals surface area contributed by atoms with Gasteiger partial charge in [0, 0.05) is 27.1 Å². The van der Waals surface area contributed by atoms with E-state index in [0.717, 1.165) is 0 Å². The highest BCUT2D eigenvalue weighted by Gasteiger charge is 2.11. The van der Waals surface area contributed by atoms with Crippen LogP contribution in [-0.4, -0.2) is 63.0 Å². The first kappa shape index (κ1) is 17.0. The summed E-state index contributed by atoms with van der Waals surface area (Å²) in [7, 11) is 6.80. The second kappa shape index (κ2) is 8.26. The lowest BCUT2D eigenvalue weighted by Crippen LogP contribution is -2.35. The van der Waals surface area contributed by atoms with Crippen molar-refractivity contribution in [3.63, 3.8) is 0 Å². The number of rotatable bonds is 7. The van der Waals surface area contributed by atoms with Crippen LogP contribution in [0.5, 0.6) is 5.75 Å². The summed E-state index contributed by atoms with van der Waals surface area (Å²) in [6.07, 6.45) is 0.315. The van der Waals surface area contributed by atoms with Crippen LogP contribution < -0.4 is 10.1 Å². The molecule has 0 radical (unpaired) electrons. The van der Waals surface area contributed by atoms with Gasteiger partial charge in [-0.1, -0.05) is 12.1 Å². The van der Waals surface area contributed by atoms with Crippen LogP contribution in [0.15, 0.2) is 24.3 Å². The van der Waals surface area contributed by atoms with E-state index in [4.69, 9.17) is 4.74 Å². The summed E-state index contributed by atoms with van der Waals surface area (Å²) >= 11 is 0. The third kappa shape index (κ3) is 5.83. The van der Waals surface area contributed by atoms with Gasteiger partial charge in [0.1, 0.15) is 5.75 Å². The fraction of sp³-hybridized carbons (Fsp3) is 0.467. The number of methoxy groups -OCH3 is 1. The van der Waals surface area contributed by atoms with Gasteiger partial charge in [0.25, 0.3) is 0 Å². The van der Waals surface area contributed by atoms with Crippen LogP contribution in [0.3, 0.4) is 0 Å². The average Bonchev–Trinajstić information content (AvgIpc) is 2.45. The number of para-hydroxylation sites is 2. The molecule has 0 saturated carbocycles. The number of nitrogens with zero attached hydrogens (tertiary/aromatic N) is 2. The van der Waals surface area contributed by atoms with Crippen LogP contribution in [0.25, 0.3) is 0 Å². The molecule has 0 aliphatic heterocycles. The molecule has 0 bridgehead atoms. The number of carbonyl (C=O) groups excluding carboxylic acids is 2. The van der Waals surface area contributed by atoms with E-state index in [0.29, 0.717) is 30.9 Å². The molecule has 0 fully saturated rings. The van der Waals surface area contributed by atoms with E-state index in [1.54, 1.807) is 33.3 Å². The molecule has 0 aliphatic carbocycles. The first-order valence-corrected chi connectivity index (χ1v) is 6.75. The summed E-state index contributed by atoms with van der Waals surface area (Å²) in [5.74, 6) is 0.535. The van der Waals surface area contributed by atoms with E-state index in [-0.39, 0.29) is 11.8 Å². The van der Waals surface area contributed by atoms with Gasteiger partial charge in [-0.2, -0.15) is 0 Å². The minimum absolute atomic E-state index is 0.0163. The molecule has 0 aliphatic rings. The molecule has 1 N–H and O–H groups in total. The zero-order chi connectivity index (χ0) is 15.8. The number of nitrogens with one attached hydrogen (secondary N) is 1. The van der Waals surface area contributed by atoms with Gasteiger partial charge < -0.3 is 15.0 Å². The Morgan fingerprint density at radius 2 is 1.86 bits per heavy atom. The second-order valence-corrected chi connectivity index (χ2v) is 5.02. The zero-order valence-electron chi connectivity index (χ0n) is 13.0. The van der Waals surface area contributed by atoms with E-state index >= 15 is 0 Å². The molecule has 0 aromatic heterocycles. The van der Waals surface area contributed by atoms with Crippen LogP contribution in [-0.2, 0) is 9.59 Å². The molecule has 6 nitrogen and oxygen atoms in total. The summed E-state index contributed by atoms with van der Waals surface area (Å²) < 4.78 is 5.18. The number of carbonyl (C=O) groups is 2. The fourth-order valence-electron chi connectivity index (χ4n) is 1.70. The average molecular weight is 293 g/mol. The van der Waals surface area contributed by atoms with Crippen LogP contribution >= 0.6 is 0 Å². The molecule has 21 heavy (non-hydrogen) atoms. The monoisotopic (exact) mass is 293 g/mol. The van der Waals surface area contributed by atoms with Gasteiger partial charge >= 0.3 is 0 Å². The first-order chi connectivity index (χ1) is 9.93. The van der Waals surface area contributed by atoms with Crippen molar-refractivity contribution in [2.75, 3.05) is 46.7 Å². The zero-order valence-corrected chi connectivity index (χ0v) is 13.0. The van der Waals surface area contributed by atoms with Crippen molar-refractivity contribution >= 4 is 17.5 Å². The van der Waals surface area contributed by atoms with Crippen LogP contribution in [0, 0.1) is 0 Å². The number of hydrogen-bond acceptors (Lipinski definition) is 4. The van der Waals surface area contributed by atoms with Crippen LogP contribution in [0.4, 0.5) is 5.69 Å². The van der Waals surface area contributed by atoms with E-state index in [9.17, 15) is 9.59 Å². The maximum Gasteiger partial charge on any atom is 0.236 e. The Balaban J connectivity index is 2.42. The molecule has 0 heterocycles. The second-order valence-electron chi connectivity index (χ2n) is 5.02. The quantitative estimate of drug-likeness (QED) is 0.816. The molecule has 0 unspecified atom stereocenters. The molecular formula is C15H23N3O3. The molecule has 6 heteroatoms. The van der Waals surface area contributed by atoms with Crippen molar-refractivity contribution in [3.05, 3.63) is 24.3 Å². The summed E-state index contributed by atoms with van der Waals surface area (Å²) in [5, 5.41) is 2.81. The minimum atomic E-state index is -0.108. The standard InChI is InChI=1S/C15H23N3O3/c1-17(2)15(20)11-18(3)10-9-14(19)16-12-7-5-6-8-13(12)21-4/h5-8H,9-11H2,1-4H3,(H,16,19). The van der Waals surface area contributed by atoms with Gasteiger partial charge in [0.05, 0.1) is 19.3 Å². The summed E-state index contributed by atoms with van der Waals surface area (Å²) in [6, 6.07) is 7.25. The fourth-order valence-corrected chi connectivity index (χ4v) is 1.70. The Morgan fingerprint density at radius 1 is 1.19 bits per heavy atom. The Labute approximate surface area is 125 Å². The van der Waals surface area contributed by atoms with E-state index in [2.05, 4.69) is 5.32 Å². The van der Waals surface area contributed by atoms with Crippen molar-refractivity contribution in [1.29, 1.82) is 0 Å². The molecule has 1 rings (SSSR count). The summed E-state index contributed by atoms with van der Waals surface area (Å²) in [6.45, 7) is 0.815. The minimum Gasteiger partial charge on any atom is -0.495 e. The molecule has 0 saturated heterocycles. The third-order valence-corrected chi connectivity index (χ3v) is 3.01. The highest BCUT2D eigenvalue weighted by molar-refractivity contribution is 5.92. The van der Waals surface area contributed by atoms with E-state index < -0.39 is 0 Å². The van der Waals surface area contributed by atoms with Gasteiger partial charge in [-0.15, -0.1) is 0 Å². The van der Waals surface area contributed by atoms with Crippen molar-refractivity contribution < 1.29 is 14.3 Å². The number of benzene rings is 1. The van der Waals surface area contributed by atoms with Crippen molar-refractivity contribution in [2.24, 2.45) is 0 Å². The maximum absolute atomic E-state index is 11.9. The molecule has 1 aromatic carbocycles. The molecule has 116 valence electrons. The Kier molecular flexibility index (Phi) is 6.68. The van der Waals surface area contributed by atoms with E-state index in [1.165, 1.54) is 4.90 Å². The lowest BCUT2D eigenvalue weighted by Gasteiger charge is -2.18. The molecule has 1 aromatic rings. The largest absolute Gasteiger partial charge is 0.495 e. The molecule has 0 spiro atoms. The highest BCUT2D eigenvalue weighted by Crippen LogP contribution is 2.22. The van der Waals surface area contributed by atoms with E-state index in [1.807, 2.05) is 24.1 Å². The van der Waals surface area contributed by atoms with Gasteiger partial charge in [-0.05, 0) is 19.2 Å². The number of likely N-dealkylation sites (N-methyl/N-ethyl adjacent to an activating group) is 2. The van der Waals surface area contributed by atoms with Crippen LogP contribution in [0.1, 0.15) is 6.42 Å². The number of amides is 2. The predicted octanol–water partition coefficient (Wildman–Crippen LogP) is 1.04. The summed E-state index contributed by atoms with van der Waals surface area (Å²) in [5.41, 5.74) is 0.650. The number of hydrogen-bond donors (Lipinski definition) is 1. The molecule has 2 amide bonds. The van der Waals surface area contributed by atoms with Gasteiger partial charge in [-0.25, -0.2) is 0 Å². The Morgan fingerprint density at radius 3 is 2.48 bits per heavy atom. The number of anilines is 1. The third-order valence-electron chi connectivity index (χ3n) is 3.01. The van der Waals surface area contributed by atoms with Gasteiger partial charge in [-0.3, -0.25) is 14.5 Å². The molecule has 0 atom stereocenters. The van der Waals surface area contributed by atoms with Gasteiger partial charge in [0.2, 0.25) is 11.8 Å². The molecular weight excluding hydrogens is 270 g/mol. The maximum atomic E-state index is 11.9. The Bertz CT molecular complexity index is 489. The smallest absolute Gasteiger partial charge is 0.236 e. The van der Waals surface area contributed by atoms with Crippen molar-refractivity contribution in [2.45, 2.75) is 6.42 Å². The van der Waals surface area contributed by atoms with Crippen molar-refractivity contribution in [1.82, 2.24) is 9.80 Å². The lowest BCUT2D eigenvalue weighted by molar-refractivity contribution is -0.130. The van der Waals surface area contributed by atoms with Crippen molar-refractivity contribution in [3.8, 4) is 5.75 Å². The van der Waals surface area contributed by atoms with Gasteiger partial charge in [0.15, 0.2) is 0 Å². The summed E-state index contributed by atoms with van der Waals surface area (Å²) in [4.78, 5) is 26.8. The predicted molar refractivity (Wildman–Crippen MR) is 82.4 cm³/mol. The highest BCUT2D eigenvalue weighted by atomic mass is 16.5. The SMILES string of the molecule is COc1ccccc1NC(=O)CCN(C)CC(=O)N(C)C. The Hall–Kier alpha value is -2.08. The number of ether oxygens (including phenoxy) is 1. The topological polar surface area (TPSA) is 61.9 Å². The first-order valence-electron chi connectivity index (χ1n) is 6.75.